The minimum Gasteiger partial charge on any atom is -0.475 e. The minimum atomic E-state index is -5.08. The summed E-state index contributed by atoms with van der Waals surface area (Å²) in [5, 5.41) is 10.3. The summed E-state index contributed by atoms with van der Waals surface area (Å²) in [4.78, 5) is 18.3. The van der Waals surface area contributed by atoms with Gasteiger partial charge in [0.1, 0.15) is 0 Å². The van der Waals surface area contributed by atoms with E-state index in [9.17, 15) is 13.2 Å². The van der Waals surface area contributed by atoms with E-state index < -0.39 is 12.1 Å². The first-order valence-electron chi connectivity index (χ1n) is 8.99. The molecule has 1 N–H and O–H groups in total. The highest BCUT2D eigenvalue weighted by molar-refractivity contribution is 7.13. The summed E-state index contributed by atoms with van der Waals surface area (Å²) in [5.41, 5.74) is 0.244. The summed E-state index contributed by atoms with van der Waals surface area (Å²) in [7, 11) is 1.77. The molecular weight excluding hydrogens is 399 g/mol. The van der Waals surface area contributed by atoms with Crippen LogP contribution in [0.15, 0.2) is 11.6 Å². The first kappa shape index (κ1) is 22.9. The zero-order valence-electron chi connectivity index (χ0n) is 15.8. The second-order valence-electron chi connectivity index (χ2n) is 6.96. The van der Waals surface area contributed by atoms with Crippen molar-refractivity contribution >= 4 is 22.4 Å². The second kappa shape index (κ2) is 10.4. The van der Waals surface area contributed by atoms with Gasteiger partial charge in [0.2, 0.25) is 0 Å². The van der Waals surface area contributed by atoms with Crippen molar-refractivity contribution in [3.05, 3.63) is 11.6 Å². The molecule has 1 spiro atoms. The molecule has 0 amide bonds. The fraction of sp³-hybridized carbons (Fsp3) is 0.765. The normalized spacial score (nSPS) is 23.8. The summed E-state index contributed by atoms with van der Waals surface area (Å²) in [6, 6.07) is 0. The Kier molecular flexibility index (Phi) is 8.47. The Hall–Kier alpha value is -1.43. The fourth-order valence-electron chi connectivity index (χ4n) is 3.48. The van der Waals surface area contributed by atoms with E-state index in [1.807, 2.05) is 6.20 Å². The number of piperidine rings is 1. The summed E-state index contributed by atoms with van der Waals surface area (Å²) in [6.07, 6.45) is -0.713. The second-order valence-corrected chi connectivity index (χ2v) is 7.84. The number of carboxylic acid groups (broad SMARTS) is 1. The number of rotatable bonds is 4. The summed E-state index contributed by atoms with van der Waals surface area (Å²) < 4.78 is 42.9. The lowest BCUT2D eigenvalue weighted by molar-refractivity contribution is -0.192. The van der Waals surface area contributed by atoms with Gasteiger partial charge in [-0.15, -0.1) is 11.3 Å². The Morgan fingerprint density at radius 2 is 2.18 bits per heavy atom. The van der Waals surface area contributed by atoms with Gasteiger partial charge in [0, 0.05) is 56.8 Å². The number of hydrogen-bond acceptors (Lipinski definition) is 7. The summed E-state index contributed by atoms with van der Waals surface area (Å²) in [6.45, 7) is 7.81. The number of halogens is 3. The van der Waals surface area contributed by atoms with Crippen molar-refractivity contribution in [1.82, 2.24) is 9.88 Å². The number of aliphatic carboxylic acids is 1. The minimum absolute atomic E-state index is 0.244. The number of nitrogens with zero attached hydrogens (tertiary/aromatic N) is 3. The molecule has 1 atom stereocenters. The molecule has 0 aromatic carbocycles. The number of anilines is 1. The molecule has 28 heavy (non-hydrogen) atoms. The number of hydrogen-bond donors (Lipinski definition) is 1. The smallest absolute Gasteiger partial charge is 0.475 e. The third kappa shape index (κ3) is 6.87. The van der Waals surface area contributed by atoms with Gasteiger partial charge in [0.05, 0.1) is 19.8 Å². The molecule has 2 aliphatic rings. The molecule has 7 nitrogen and oxygen atoms in total. The van der Waals surface area contributed by atoms with Crippen LogP contribution >= 0.6 is 11.3 Å². The van der Waals surface area contributed by atoms with E-state index >= 15 is 0 Å². The number of thiazole rings is 1. The third-order valence-corrected chi connectivity index (χ3v) is 5.56. The van der Waals surface area contributed by atoms with Crippen molar-refractivity contribution in [3.8, 4) is 0 Å². The number of carboxylic acids is 1. The highest BCUT2D eigenvalue weighted by Gasteiger charge is 2.39. The Morgan fingerprint density at radius 1 is 1.43 bits per heavy atom. The van der Waals surface area contributed by atoms with Crippen LogP contribution in [-0.2, 0) is 14.3 Å². The van der Waals surface area contributed by atoms with Crippen molar-refractivity contribution in [2.75, 3.05) is 64.6 Å². The van der Waals surface area contributed by atoms with Crippen LogP contribution in [0.3, 0.4) is 0 Å². The molecule has 0 bridgehead atoms. The maximum atomic E-state index is 10.6. The molecule has 1 aromatic heterocycles. The van der Waals surface area contributed by atoms with E-state index in [0.29, 0.717) is 0 Å². The quantitative estimate of drug-likeness (QED) is 0.794. The molecule has 3 heterocycles. The summed E-state index contributed by atoms with van der Waals surface area (Å²) >= 11 is 1.74. The van der Waals surface area contributed by atoms with Crippen molar-refractivity contribution in [3.63, 3.8) is 0 Å². The molecule has 160 valence electrons. The molecule has 1 aromatic rings. The Balaban J connectivity index is 0.000000345. The predicted molar refractivity (Wildman–Crippen MR) is 98.8 cm³/mol. The standard InChI is InChI=1S/C15H25N3O2S.C2HF3O2/c1-19-8-6-17-7-9-20-13-15(11-17)3-2-5-18(12-15)14-16-4-10-21-14;3-2(4,5)1(6)7/h4,10H,2-3,5-9,11-13H2,1H3;(H,6,7). The molecule has 2 aliphatic heterocycles. The van der Waals surface area contributed by atoms with Crippen molar-refractivity contribution in [2.45, 2.75) is 19.0 Å². The zero-order chi connectivity index (χ0) is 20.6. The molecule has 3 rings (SSSR count). The van der Waals surface area contributed by atoms with Crippen molar-refractivity contribution in [1.29, 1.82) is 0 Å². The molecule has 0 aliphatic carbocycles. The number of ether oxygens (including phenoxy) is 2. The van der Waals surface area contributed by atoms with E-state index in [4.69, 9.17) is 19.4 Å². The van der Waals surface area contributed by atoms with Crippen LogP contribution in [-0.4, -0.2) is 86.8 Å². The highest BCUT2D eigenvalue weighted by atomic mass is 32.1. The molecule has 0 radical (unpaired) electrons. The van der Waals surface area contributed by atoms with Gasteiger partial charge in [-0.1, -0.05) is 0 Å². The highest BCUT2D eigenvalue weighted by Crippen LogP contribution is 2.35. The van der Waals surface area contributed by atoms with Gasteiger partial charge in [-0.2, -0.15) is 13.2 Å². The molecular formula is C17H26F3N3O4S. The lowest BCUT2D eigenvalue weighted by Crippen LogP contribution is -2.51. The lowest BCUT2D eigenvalue weighted by atomic mass is 9.80. The fourth-order valence-corrected chi connectivity index (χ4v) is 4.15. The van der Waals surface area contributed by atoms with Crippen LogP contribution in [0, 0.1) is 5.41 Å². The summed E-state index contributed by atoms with van der Waals surface area (Å²) in [5.74, 6) is -2.76. The molecule has 1 unspecified atom stereocenters. The van der Waals surface area contributed by atoms with Gasteiger partial charge in [0.15, 0.2) is 5.13 Å². The van der Waals surface area contributed by atoms with E-state index in [-0.39, 0.29) is 5.41 Å². The van der Waals surface area contributed by atoms with Crippen molar-refractivity contribution < 1.29 is 32.5 Å². The average Bonchev–Trinajstić information content (AvgIpc) is 3.11. The number of aromatic nitrogens is 1. The first-order chi connectivity index (χ1) is 13.3. The maximum Gasteiger partial charge on any atom is 0.490 e. The van der Waals surface area contributed by atoms with Gasteiger partial charge in [-0.05, 0) is 12.8 Å². The largest absolute Gasteiger partial charge is 0.490 e. The topological polar surface area (TPSA) is 75.1 Å². The zero-order valence-corrected chi connectivity index (χ0v) is 16.6. The average molecular weight is 425 g/mol. The Morgan fingerprint density at radius 3 is 2.79 bits per heavy atom. The van der Waals surface area contributed by atoms with Crippen molar-refractivity contribution in [2.24, 2.45) is 5.41 Å². The number of carbonyl (C=O) groups is 1. The van der Waals surface area contributed by atoms with Gasteiger partial charge in [-0.25, -0.2) is 9.78 Å². The van der Waals surface area contributed by atoms with Crippen LogP contribution in [0.1, 0.15) is 12.8 Å². The molecule has 11 heteroatoms. The van der Waals surface area contributed by atoms with Gasteiger partial charge in [0.25, 0.3) is 0 Å². The van der Waals surface area contributed by atoms with E-state index in [0.717, 1.165) is 57.7 Å². The lowest BCUT2D eigenvalue weighted by Gasteiger charge is -2.43. The van der Waals surface area contributed by atoms with Gasteiger partial charge in [-0.3, -0.25) is 4.90 Å². The van der Waals surface area contributed by atoms with Crippen LogP contribution in [0.25, 0.3) is 0 Å². The van der Waals surface area contributed by atoms with Crippen LogP contribution < -0.4 is 4.90 Å². The SMILES string of the molecule is COCCN1CCOCC2(CCCN(c3nccs3)C2)C1.O=C(O)C(F)(F)F. The first-order valence-corrected chi connectivity index (χ1v) is 9.87. The van der Waals surface area contributed by atoms with Gasteiger partial charge < -0.3 is 19.5 Å². The number of alkyl halides is 3. The maximum absolute atomic E-state index is 10.6. The Labute approximate surface area is 166 Å². The molecule has 0 saturated carbocycles. The molecule has 2 fully saturated rings. The third-order valence-electron chi connectivity index (χ3n) is 4.72. The van der Waals surface area contributed by atoms with E-state index in [1.165, 1.54) is 12.8 Å². The Bertz CT molecular complexity index is 603. The van der Waals surface area contributed by atoms with E-state index in [2.05, 4.69) is 20.2 Å². The molecule has 2 saturated heterocycles. The van der Waals surface area contributed by atoms with E-state index in [1.54, 1.807) is 18.4 Å². The predicted octanol–water partition coefficient (Wildman–Crippen LogP) is 2.34. The van der Waals surface area contributed by atoms with Gasteiger partial charge >= 0.3 is 12.1 Å². The van der Waals surface area contributed by atoms with Crippen LogP contribution in [0.2, 0.25) is 0 Å². The monoisotopic (exact) mass is 425 g/mol. The van der Waals surface area contributed by atoms with Crippen LogP contribution in [0.5, 0.6) is 0 Å². The van der Waals surface area contributed by atoms with Crippen LogP contribution in [0.4, 0.5) is 18.3 Å². The number of methoxy groups -OCH3 is 1.